The molecule has 3 heteroatoms. The highest BCUT2D eigenvalue weighted by Gasteiger charge is 1.94. The Morgan fingerprint density at radius 1 is 0.545 bits per heavy atom. The molecule has 0 saturated carbocycles. The Morgan fingerprint density at radius 3 is 1.27 bits per heavy atom. The van der Waals surface area contributed by atoms with E-state index in [1.54, 1.807) is 7.11 Å². The first-order valence-corrected chi connectivity index (χ1v) is 9.68. The third kappa shape index (κ3) is 19.9. The van der Waals surface area contributed by atoms with Crippen molar-refractivity contribution in [3.05, 3.63) is 0 Å². The molecule has 0 atom stereocenters. The smallest absolute Gasteiger partial charge is 0.146 e. The SMILES string of the molecule is COCOCCCCCCCCCCCCCCCCCN. The van der Waals surface area contributed by atoms with Crippen LogP contribution in [0.1, 0.15) is 96.3 Å². The van der Waals surface area contributed by atoms with Gasteiger partial charge in [0.1, 0.15) is 6.79 Å². The first-order valence-electron chi connectivity index (χ1n) is 9.68. The zero-order chi connectivity index (χ0) is 16.1. The second kappa shape index (κ2) is 20.9. The molecule has 0 aliphatic heterocycles. The van der Waals surface area contributed by atoms with Crippen LogP contribution < -0.4 is 5.73 Å². The van der Waals surface area contributed by atoms with Crippen LogP contribution in [-0.2, 0) is 9.47 Å². The average Bonchev–Trinajstić information content (AvgIpc) is 2.54. The summed E-state index contributed by atoms with van der Waals surface area (Å²) in [6.45, 7) is 2.15. The second-order valence-corrected chi connectivity index (χ2v) is 6.41. The molecule has 0 spiro atoms. The van der Waals surface area contributed by atoms with Crippen molar-refractivity contribution in [3.63, 3.8) is 0 Å². The minimum Gasteiger partial charge on any atom is -0.359 e. The molecule has 2 N–H and O–H groups in total. The quantitative estimate of drug-likeness (QED) is 0.256. The number of hydrogen-bond acceptors (Lipinski definition) is 3. The highest BCUT2D eigenvalue weighted by Crippen LogP contribution is 2.13. The van der Waals surface area contributed by atoms with Gasteiger partial charge in [-0.3, -0.25) is 0 Å². The summed E-state index contributed by atoms with van der Waals surface area (Å²) in [4.78, 5) is 0. The van der Waals surface area contributed by atoms with E-state index in [0.29, 0.717) is 6.79 Å². The third-order valence-electron chi connectivity index (χ3n) is 4.19. The molecule has 22 heavy (non-hydrogen) atoms. The largest absolute Gasteiger partial charge is 0.359 e. The topological polar surface area (TPSA) is 44.5 Å². The molecule has 0 heterocycles. The van der Waals surface area contributed by atoms with E-state index in [1.165, 1.54) is 96.3 Å². The Bertz CT molecular complexity index is 168. The molecule has 0 aromatic carbocycles. The molecular formula is C19H41NO2. The van der Waals surface area contributed by atoms with Gasteiger partial charge in [-0.1, -0.05) is 83.5 Å². The van der Waals surface area contributed by atoms with E-state index >= 15 is 0 Å². The number of nitrogens with two attached hydrogens (primary N) is 1. The standard InChI is InChI=1S/C19H41NO2/c1-21-19-22-18-16-14-12-10-8-6-4-2-3-5-7-9-11-13-15-17-20/h2-20H2,1H3. The monoisotopic (exact) mass is 315 g/mol. The molecule has 0 fully saturated rings. The van der Waals surface area contributed by atoms with E-state index in [1.807, 2.05) is 0 Å². The predicted octanol–water partition coefficient (Wildman–Crippen LogP) is 5.42. The summed E-state index contributed by atoms with van der Waals surface area (Å²) in [6.07, 6.45) is 20.6. The van der Waals surface area contributed by atoms with E-state index < -0.39 is 0 Å². The minimum atomic E-state index is 0.438. The third-order valence-corrected chi connectivity index (χ3v) is 4.19. The number of rotatable bonds is 19. The summed E-state index contributed by atoms with van der Waals surface area (Å²) >= 11 is 0. The van der Waals surface area contributed by atoms with Crippen molar-refractivity contribution in [1.82, 2.24) is 0 Å². The maximum Gasteiger partial charge on any atom is 0.146 e. The van der Waals surface area contributed by atoms with Gasteiger partial charge in [0.15, 0.2) is 0 Å². The summed E-state index contributed by atoms with van der Waals surface area (Å²) in [7, 11) is 1.67. The molecule has 0 saturated heterocycles. The van der Waals surface area contributed by atoms with Gasteiger partial charge in [-0.05, 0) is 19.4 Å². The molecule has 0 amide bonds. The molecule has 0 radical (unpaired) electrons. The normalized spacial score (nSPS) is 11.2. The van der Waals surface area contributed by atoms with Crippen molar-refractivity contribution in [3.8, 4) is 0 Å². The molecule has 0 aliphatic carbocycles. The van der Waals surface area contributed by atoms with Crippen LogP contribution in [-0.4, -0.2) is 27.1 Å². The van der Waals surface area contributed by atoms with Crippen LogP contribution in [0.5, 0.6) is 0 Å². The second-order valence-electron chi connectivity index (χ2n) is 6.41. The van der Waals surface area contributed by atoms with E-state index in [2.05, 4.69) is 0 Å². The van der Waals surface area contributed by atoms with E-state index in [9.17, 15) is 0 Å². The molecular weight excluding hydrogens is 274 g/mol. The van der Waals surface area contributed by atoms with E-state index in [4.69, 9.17) is 15.2 Å². The molecule has 0 rings (SSSR count). The van der Waals surface area contributed by atoms with Gasteiger partial charge in [-0.2, -0.15) is 0 Å². The zero-order valence-electron chi connectivity index (χ0n) is 15.1. The maximum atomic E-state index is 5.49. The van der Waals surface area contributed by atoms with Crippen molar-refractivity contribution < 1.29 is 9.47 Å². The van der Waals surface area contributed by atoms with Crippen molar-refractivity contribution in [2.75, 3.05) is 27.1 Å². The van der Waals surface area contributed by atoms with E-state index in [-0.39, 0.29) is 0 Å². The van der Waals surface area contributed by atoms with Crippen LogP contribution in [0.4, 0.5) is 0 Å². The van der Waals surface area contributed by atoms with Crippen molar-refractivity contribution >= 4 is 0 Å². The fraction of sp³-hybridized carbons (Fsp3) is 1.00. The number of ether oxygens (including phenoxy) is 2. The molecule has 134 valence electrons. The van der Waals surface area contributed by atoms with Crippen LogP contribution >= 0.6 is 0 Å². The van der Waals surface area contributed by atoms with Crippen molar-refractivity contribution in [2.24, 2.45) is 5.73 Å². The average molecular weight is 316 g/mol. The molecule has 0 bridgehead atoms. The Kier molecular flexibility index (Phi) is 20.8. The first-order chi connectivity index (χ1) is 10.9. The molecule has 0 unspecified atom stereocenters. The Morgan fingerprint density at radius 2 is 0.909 bits per heavy atom. The van der Waals surface area contributed by atoms with E-state index in [0.717, 1.165) is 13.2 Å². The van der Waals surface area contributed by atoms with Crippen LogP contribution in [0.25, 0.3) is 0 Å². The summed E-state index contributed by atoms with van der Waals surface area (Å²) in [5.74, 6) is 0. The van der Waals surface area contributed by atoms with Crippen LogP contribution in [0, 0.1) is 0 Å². The van der Waals surface area contributed by atoms with Crippen LogP contribution in [0.2, 0.25) is 0 Å². The van der Waals surface area contributed by atoms with Gasteiger partial charge >= 0.3 is 0 Å². The van der Waals surface area contributed by atoms with Gasteiger partial charge < -0.3 is 15.2 Å². The van der Waals surface area contributed by atoms with Gasteiger partial charge in [0, 0.05) is 13.7 Å². The Labute approximate surface area is 139 Å². The van der Waals surface area contributed by atoms with Gasteiger partial charge in [-0.25, -0.2) is 0 Å². The first kappa shape index (κ1) is 21.9. The lowest BCUT2D eigenvalue weighted by atomic mass is 10.0. The molecule has 3 nitrogen and oxygen atoms in total. The summed E-state index contributed by atoms with van der Waals surface area (Å²) in [6, 6.07) is 0. The fourth-order valence-electron chi connectivity index (χ4n) is 2.79. The summed E-state index contributed by atoms with van der Waals surface area (Å²) in [5, 5.41) is 0. The molecule has 0 aliphatic rings. The Hall–Kier alpha value is -0.120. The van der Waals surface area contributed by atoms with Crippen LogP contribution in [0.3, 0.4) is 0 Å². The summed E-state index contributed by atoms with van der Waals surface area (Å²) in [5.41, 5.74) is 5.49. The predicted molar refractivity (Wildman–Crippen MR) is 96.1 cm³/mol. The summed E-state index contributed by atoms with van der Waals surface area (Å²) < 4.78 is 10.1. The van der Waals surface area contributed by atoms with Crippen molar-refractivity contribution in [1.29, 1.82) is 0 Å². The molecule has 0 aromatic rings. The van der Waals surface area contributed by atoms with Gasteiger partial charge in [0.05, 0.1) is 0 Å². The van der Waals surface area contributed by atoms with Crippen LogP contribution in [0.15, 0.2) is 0 Å². The number of methoxy groups -OCH3 is 1. The minimum absolute atomic E-state index is 0.438. The fourth-order valence-corrected chi connectivity index (χ4v) is 2.79. The molecule has 0 aromatic heterocycles. The lowest BCUT2D eigenvalue weighted by molar-refractivity contribution is -0.0315. The lowest BCUT2D eigenvalue weighted by Crippen LogP contribution is -1.98. The van der Waals surface area contributed by atoms with Gasteiger partial charge in [0.25, 0.3) is 0 Å². The number of unbranched alkanes of at least 4 members (excludes halogenated alkanes) is 14. The van der Waals surface area contributed by atoms with Gasteiger partial charge in [-0.15, -0.1) is 0 Å². The highest BCUT2D eigenvalue weighted by molar-refractivity contribution is 4.50. The Balaban J connectivity index is 2.91. The number of hydrogen-bond donors (Lipinski definition) is 1. The maximum absolute atomic E-state index is 5.49. The van der Waals surface area contributed by atoms with Gasteiger partial charge in [0.2, 0.25) is 0 Å². The van der Waals surface area contributed by atoms with Crippen molar-refractivity contribution in [2.45, 2.75) is 96.3 Å². The lowest BCUT2D eigenvalue weighted by Gasteiger charge is -2.04. The highest BCUT2D eigenvalue weighted by atomic mass is 16.7. The zero-order valence-corrected chi connectivity index (χ0v) is 15.1.